The van der Waals surface area contributed by atoms with Crippen LogP contribution in [0, 0.1) is 0 Å². The number of carbonyl (C=O) groups excluding carboxylic acids is 2. The topological polar surface area (TPSA) is 140 Å². The quantitative estimate of drug-likeness (QED) is 0.0658. The monoisotopic (exact) mass is 787 g/mol. The van der Waals surface area contributed by atoms with Crippen LogP contribution in [0.3, 0.4) is 0 Å². The Balaban J connectivity index is 1.27. The van der Waals surface area contributed by atoms with Crippen LogP contribution < -0.4 is 15.6 Å². The molecule has 2 N–H and O–H groups in total. The molecular formula is C37H42ClF3N7O5P. The lowest BCUT2D eigenvalue weighted by molar-refractivity contribution is -0.137. The number of amides is 2. The number of hydrazone groups is 1. The number of hydrogen-bond donors (Lipinski definition) is 2. The fourth-order valence-electron chi connectivity index (χ4n) is 5.98. The number of anilines is 2. The Labute approximate surface area is 316 Å². The Kier molecular flexibility index (Phi) is 14.0. The van der Waals surface area contributed by atoms with Crippen molar-refractivity contribution in [2.45, 2.75) is 58.7 Å². The van der Waals surface area contributed by atoms with Gasteiger partial charge in [-0.25, -0.2) is 10.1 Å². The first-order chi connectivity index (χ1) is 25.9. The maximum absolute atomic E-state index is 13.6. The molecule has 0 saturated carbocycles. The maximum atomic E-state index is 13.6. The van der Waals surface area contributed by atoms with E-state index in [2.05, 4.69) is 31.1 Å². The van der Waals surface area contributed by atoms with Gasteiger partial charge in [-0.05, 0) is 99.5 Å². The summed E-state index contributed by atoms with van der Waals surface area (Å²) in [5, 5.41) is 14.7. The number of benzene rings is 3. The Bertz CT molecular complexity index is 1990. The first-order valence-corrected chi connectivity index (χ1v) is 19.7. The molecule has 12 nitrogen and oxygen atoms in total. The average molecular weight is 788 g/mol. The minimum Gasteiger partial charge on any atom is -0.372 e. The van der Waals surface area contributed by atoms with E-state index in [9.17, 15) is 27.3 Å². The molecule has 1 aromatic heterocycles. The van der Waals surface area contributed by atoms with Gasteiger partial charge in [0.05, 0.1) is 59.7 Å². The molecule has 3 aromatic carbocycles. The molecule has 0 unspecified atom stereocenters. The molecule has 0 radical (unpaired) electrons. The Morgan fingerprint density at radius 3 is 2.48 bits per heavy atom. The molecule has 0 atom stereocenters. The molecule has 54 heavy (non-hydrogen) atoms. The van der Waals surface area contributed by atoms with Crippen molar-refractivity contribution in [3.05, 3.63) is 105 Å². The standard InChI is InChI=1S/C37H42ClF3N7O5P/c1-3-52-54(51,53-4-2)19-9-12-29-25-48(46-44-29)24-27-10-8-11-28(20-27)35(49)43-34-16-14-30(47-17-6-5-7-18-47)22-31(34)36(50)45-42-23-26-13-15-33(38)32(21-26)37(39,40)41/h8,10-11,13-16,20-23,25H,3-7,9,12,17-19,24H2,1-2H3,(H,43,49)(H,45,50)/b42-23+. The van der Waals surface area contributed by atoms with Crippen LogP contribution in [0.25, 0.3) is 0 Å². The van der Waals surface area contributed by atoms with Crippen molar-refractivity contribution in [1.29, 1.82) is 0 Å². The van der Waals surface area contributed by atoms with E-state index in [0.29, 0.717) is 43.9 Å². The van der Waals surface area contributed by atoms with Crippen molar-refractivity contribution in [2.24, 2.45) is 5.10 Å². The summed E-state index contributed by atoms with van der Waals surface area (Å²) >= 11 is 5.72. The minimum atomic E-state index is -4.66. The van der Waals surface area contributed by atoms with Gasteiger partial charge in [0.2, 0.25) is 0 Å². The van der Waals surface area contributed by atoms with Gasteiger partial charge in [-0.2, -0.15) is 18.3 Å². The Morgan fingerprint density at radius 2 is 1.76 bits per heavy atom. The van der Waals surface area contributed by atoms with Crippen LogP contribution >= 0.6 is 19.2 Å². The molecule has 2 heterocycles. The van der Waals surface area contributed by atoms with E-state index in [4.69, 9.17) is 20.6 Å². The van der Waals surface area contributed by atoms with Crippen molar-refractivity contribution >= 4 is 48.6 Å². The summed E-state index contributed by atoms with van der Waals surface area (Å²) in [6, 6.07) is 15.4. The van der Waals surface area contributed by atoms with Crippen LogP contribution in [0.5, 0.6) is 0 Å². The van der Waals surface area contributed by atoms with E-state index < -0.39 is 36.2 Å². The van der Waals surface area contributed by atoms with Crippen molar-refractivity contribution in [2.75, 3.05) is 42.7 Å². The molecular weight excluding hydrogens is 746 g/mol. The number of nitrogens with one attached hydrogen (secondary N) is 2. The molecule has 1 aliphatic heterocycles. The fraction of sp³-hybridized carbons (Fsp3) is 0.378. The van der Waals surface area contributed by atoms with E-state index in [1.165, 1.54) is 6.07 Å². The van der Waals surface area contributed by atoms with Crippen molar-refractivity contribution in [3.63, 3.8) is 0 Å². The SMILES string of the molecule is CCOP(=O)(CCCc1cn(Cc2cccc(C(=O)Nc3ccc(N4CCCCC4)cc3C(=O)N/N=C/c3ccc(Cl)c(C(F)(F)F)c3)c2)nn1)OCC. The zero-order chi connectivity index (χ0) is 38.7. The third kappa shape index (κ3) is 11.2. The van der Waals surface area contributed by atoms with Crippen LogP contribution in [-0.2, 0) is 32.8 Å². The highest BCUT2D eigenvalue weighted by atomic mass is 35.5. The second kappa shape index (κ2) is 18.7. The summed E-state index contributed by atoms with van der Waals surface area (Å²) in [6.45, 7) is 6.09. The summed E-state index contributed by atoms with van der Waals surface area (Å²) in [5.41, 5.74) is 4.41. The van der Waals surface area contributed by atoms with E-state index in [1.54, 1.807) is 55.1 Å². The molecule has 1 aliphatic rings. The molecule has 288 valence electrons. The first kappa shape index (κ1) is 40.6. The molecule has 1 saturated heterocycles. The molecule has 0 bridgehead atoms. The number of carbonyl (C=O) groups is 2. The van der Waals surface area contributed by atoms with Crippen LogP contribution in [0.4, 0.5) is 24.5 Å². The van der Waals surface area contributed by atoms with Crippen LogP contribution in [0.15, 0.2) is 72.0 Å². The highest BCUT2D eigenvalue weighted by Crippen LogP contribution is 2.48. The molecule has 4 aromatic rings. The van der Waals surface area contributed by atoms with Crippen LogP contribution in [0.2, 0.25) is 5.02 Å². The lowest BCUT2D eigenvalue weighted by Gasteiger charge is -2.29. The predicted molar refractivity (Wildman–Crippen MR) is 202 cm³/mol. The number of aryl methyl sites for hydroxylation is 1. The number of piperidine rings is 1. The van der Waals surface area contributed by atoms with Crippen LogP contribution in [0.1, 0.15) is 82.6 Å². The lowest BCUT2D eigenvalue weighted by atomic mass is 10.1. The molecule has 17 heteroatoms. The molecule has 1 fully saturated rings. The predicted octanol–water partition coefficient (Wildman–Crippen LogP) is 8.20. The van der Waals surface area contributed by atoms with Gasteiger partial charge >= 0.3 is 13.8 Å². The summed E-state index contributed by atoms with van der Waals surface area (Å²) in [5.74, 6) is -1.13. The van der Waals surface area contributed by atoms with Gasteiger partial charge in [0.15, 0.2) is 0 Å². The lowest BCUT2D eigenvalue weighted by Crippen LogP contribution is -2.30. The van der Waals surface area contributed by atoms with Crippen molar-refractivity contribution in [3.8, 4) is 0 Å². The van der Waals surface area contributed by atoms with Gasteiger partial charge in [-0.1, -0.05) is 35.0 Å². The fourth-order valence-corrected chi connectivity index (χ4v) is 7.87. The largest absolute Gasteiger partial charge is 0.417 e. The normalized spacial score (nSPS) is 13.7. The number of alkyl halides is 3. The number of halogens is 4. The minimum absolute atomic E-state index is 0.0798. The number of nitrogens with zero attached hydrogens (tertiary/aromatic N) is 5. The molecule has 2 amide bonds. The van der Waals surface area contributed by atoms with E-state index >= 15 is 0 Å². The summed E-state index contributed by atoms with van der Waals surface area (Å²) < 4.78 is 65.1. The Hall–Kier alpha value is -4.56. The summed E-state index contributed by atoms with van der Waals surface area (Å²) in [6.07, 6.45) is 2.68. The van der Waals surface area contributed by atoms with Gasteiger partial charge in [-0.3, -0.25) is 14.2 Å². The van der Waals surface area contributed by atoms with Crippen molar-refractivity contribution in [1.82, 2.24) is 20.4 Å². The number of hydrogen-bond acceptors (Lipinski definition) is 9. The molecule has 0 aliphatic carbocycles. The van der Waals surface area contributed by atoms with Gasteiger partial charge in [0.25, 0.3) is 11.8 Å². The van der Waals surface area contributed by atoms with E-state index in [0.717, 1.165) is 62.0 Å². The highest BCUT2D eigenvalue weighted by molar-refractivity contribution is 7.53. The van der Waals surface area contributed by atoms with Gasteiger partial charge in [-0.15, -0.1) is 5.10 Å². The number of rotatable bonds is 16. The summed E-state index contributed by atoms with van der Waals surface area (Å²) in [7, 11) is -3.15. The van der Waals surface area contributed by atoms with Gasteiger partial charge < -0.3 is 19.3 Å². The zero-order valence-corrected chi connectivity index (χ0v) is 31.6. The number of aromatic nitrogens is 3. The third-order valence-corrected chi connectivity index (χ3v) is 11.0. The first-order valence-electron chi connectivity index (χ1n) is 17.6. The van der Waals surface area contributed by atoms with E-state index in [-0.39, 0.29) is 23.0 Å². The second-order valence-corrected chi connectivity index (χ2v) is 15.1. The highest BCUT2D eigenvalue weighted by Gasteiger charge is 2.33. The zero-order valence-electron chi connectivity index (χ0n) is 29.9. The smallest absolute Gasteiger partial charge is 0.372 e. The van der Waals surface area contributed by atoms with Gasteiger partial charge in [0.1, 0.15) is 0 Å². The average Bonchev–Trinajstić information content (AvgIpc) is 3.59. The Morgan fingerprint density at radius 1 is 1.00 bits per heavy atom. The maximum Gasteiger partial charge on any atom is 0.417 e. The third-order valence-electron chi connectivity index (χ3n) is 8.53. The summed E-state index contributed by atoms with van der Waals surface area (Å²) in [4.78, 5) is 29.2. The second-order valence-electron chi connectivity index (χ2n) is 12.5. The van der Waals surface area contributed by atoms with Gasteiger partial charge in [0, 0.05) is 30.5 Å². The van der Waals surface area contributed by atoms with Crippen molar-refractivity contribution < 1.29 is 36.4 Å². The molecule has 5 rings (SSSR count). The van der Waals surface area contributed by atoms with E-state index in [1.807, 2.05) is 12.1 Å². The molecule has 0 spiro atoms. The van der Waals surface area contributed by atoms with Crippen LogP contribution in [-0.4, -0.2) is 65.5 Å².